The molecule has 0 fully saturated rings. The van der Waals surface area contributed by atoms with Gasteiger partial charge in [0.1, 0.15) is 11.5 Å². The Morgan fingerprint density at radius 3 is 2.29 bits per heavy atom. The van der Waals surface area contributed by atoms with E-state index in [0.717, 1.165) is 17.2 Å². The summed E-state index contributed by atoms with van der Waals surface area (Å²) in [7, 11) is 0. The topological polar surface area (TPSA) is 50.4 Å². The van der Waals surface area contributed by atoms with E-state index in [-0.39, 0.29) is 5.91 Å². The highest BCUT2D eigenvalue weighted by atomic mass is 32.1. The Labute approximate surface area is 129 Å². The van der Waals surface area contributed by atoms with Gasteiger partial charge in [0.15, 0.2) is 5.11 Å². The van der Waals surface area contributed by atoms with Gasteiger partial charge in [0.25, 0.3) is 0 Å². The molecule has 0 saturated carbocycles. The van der Waals surface area contributed by atoms with Gasteiger partial charge in [-0.05, 0) is 48.6 Å². The minimum atomic E-state index is -0.114. The van der Waals surface area contributed by atoms with Gasteiger partial charge in [-0.25, -0.2) is 0 Å². The van der Waals surface area contributed by atoms with Crippen molar-refractivity contribution in [1.29, 1.82) is 0 Å². The number of amides is 1. The van der Waals surface area contributed by atoms with Crippen molar-refractivity contribution in [2.45, 2.75) is 13.3 Å². The van der Waals surface area contributed by atoms with Gasteiger partial charge in [0.2, 0.25) is 5.91 Å². The number of ether oxygens (including phenoxy) is 1. The number of carbonyl (C=O) groups is 1. The third kappa shape index (κ3) is 4.89. The summed E-state index contributed by atoms with van der Waals surface area (Å²) in [4.78, 5) is 11.2. The molecular formula is C16H16N2O2S. The van der Waals surface area contributed by atoms with Crippen LogP contribution < -0.4 is 15.4 Å². The van der Waals surface area contributed by atoms with Crippen molar-refractivity contribution in [2.24, 2.45) is 0 Å². The molecule has 2 aromatic carbocycles. The van der Waals surface area contributed by atoms with Crippen LogP contribution in [0.5, 0.6) is 11.5 Å². The number of rotatable bonds is 4. The monoisotopic (exact) mass is 300 g/mol. The molecule has 0 bridgehead atoms. The van der Waals surface area contributed by atoms with Crippen LogP contribution in [0.1, 0.15) is 13.3 Å². The molecule has 108 valence electrons. The summed E-state index contributed by atoms with van der Waals surface area (Å²) >= 11 is 5.04. The molecule has 0 unspecified atom stereocenters. The van der Waals surface area contributed by atoms with Crippen molar-refractivity contribution in [2.75, 3.05) is 5.32 Å². The molecule has 0 aromatic heterocycles. The highest BCUT2D eigenvalue weighted by Crippen LogP contribution is 2.22. The lowest BCUT2D eigenvalue weighted by molar-refractivity contribution is -0.119. The first kappa shape index (κ1) is 15.0. The fourth-order valence-electron chi connectivity index (χ4n) is 1.61. The van der Waals surface area contributed by atoms with Crippen molar-refractivity contribution in [3.05, 3.63) is 54.6 Å². The summed E-state index contributed by atoms with van der Waals surface area (Å²) in [6.45, 7) is 1.77. The van der Waals surface area contributed by atoms with Gasteiger partial charge in [-0.15, -0.1) is 0 Å². The Morgan fingerprint density at radius 1 is 1.05 bits per heavy atom. The van der Waals surface area contributed by atoms with Gasteiger partial charge in [-0.2, -0.15) is 0 Å². The molecule has 4 nitrogen and oxygen atoms in total. The van der Waals surface area contributed by atoms with Crippen molar-refractivity contribution >= 4 is 28.9 Å². The molecule has 0 aliphatic rings. The lowest BCUT2D eigenvalue weighted by Gasteiger charge is -2.10. The van der Waals surface area contributed by atoms with E-state index in [0.29, 0.717) is 11.5 Å². The summed E-state index contributed by atoms with van der Waals surface area (Å²) in [5.41, 5.74) is 0.789. The maximum absolute atomic E-state index is 11.2. The molecule has 0 aliphatic carbocycles. The van der Waals surface area contributed by atoms with E-state index in [1.165, 1.54) is 0 Å². The molecule has 21 heavy (non-hydrogen) atoms. The number of hydrogen-bond donors (Lipinski definition) is 2. The van der Waals surface area contributed by atoms with Crippen LogP contribution in [-0.4, -0.2) is 11.0 Å². The van der Waals surface area contributed by atoms with E-state index in [9.17, 15) is 4.79 Å². The van der Waals surface area contributed by atoms with Crippen LogP contribution in [0, 0.1) is 0 Å². The van der Waals surface area contributed by atoms with Gasteiger partial charge >= 0.3 is 0 Å². The van der Waals surface area contributed by atoms with E-state index >= 15 is 0 Å². The normalized spacial score (nSPS) is 9.76. The van der Waals surface area contributed by atoms with Crippen LogP contribution in [-0.2, 0) is 4.79 Å². The Kier molecular flexibility index (Phi) is 5.29. The Hall–Kier alpha value is -2.40. The second kappa shape index (κ2) is 7.40. The predicted octanol–water partition coefficient (Wildman–Crippen LogP) is 3.70. The third-order valence-corrected chi connectivity index (χ3v) is 2.87. The molecule has 0 aliphatic heterocycles. The fourth-order valence-corrected chi connectivity index (χ4v) is 1.84. The van der Waals surface area contributed by atoms with Crippen molar-refractivity contribution in [3.63, 3.8) is 0 Å². The van der Waals surface area contributed by atoms with E-state index in [1.807, 2.05) is 54.6 Å². The standard InChI is InChI=1S/C16H16N2O2S/c1-2-15(19)18-16(21)17-12-8-10-14(11-9-12)20-13-6-4-3-5-7-13/h3-11H,2H2,1H3,(H2,17,18,19,21). The molecule has 1 amide bonds. The molecule has 0 atom stereocenters. The summed E-state index contributed by atoms with van der Waals surface area (Å²) in [5.74, 6) is 1.40. The number of thiocarbonyl (C=S) groups is 1. The molecule has 2 N–H and O–H groups in total. The van der Waals surface area contributed by atoms with E-state index in [2.05, 4.69) is 10.6 Å². The highest BCUT2D eigenvalue weighted by Gasteiger charge is 2.02. The van der Waals surface area contributed by atoms with Crippen LogP contribution in [0.2, 0.25) is 0 Å². The first-order valence-electron chi connectivity index (χ1n) is 6.61. The molecule has 2 aromatic rings. The van der Waals surface area contributed by atoms with Crippen molar-refractivity contribution < 1.29 is 9.53 Å². The maximum atomic E-state index is 11.2. The minimum absolute atomic E-state index is 0.114. The molecule has 2 rings (SSSR count). The quantitative estimate of drug-likeness (QED) is 0.845. The predicted molar refractivity (Wildman–Crippen MR) is 87.6 cm³/mol. The zero-order valence-corrected chi connectivity index (χ0v) is 12.4. The molecular weight excluding hydrogens is 284 g/mol. The van der Waals surface area contributed by atoms with Crippen LogP contribution in [0.4, 0.5) is 5.69 Å². The van der Waals surface area contributed by atoms with E-state index in [1.54, 1.807) is 6.92 Å². The molecule has 0 radical (unpaired) electrons. The average molecular weight is 300 g/mol. The Balaban J connectivity index is 1.93. The molecule has 0 saturated heterocycles. The second-order valence-electron chi connectivity index (χ2n) is 4.30. The molecule has 0 spiro atoms. The van der Waals surface area contributed by atoms with Crippen LogP contribution >= 0.6 is 12.2 Å². The van der Waals surface area contributed by atoms with E-state index < -0.39 is 0 Å². The molecule has 0 heterocycles. The number of carbonyl (C=O) groups excluding carboxylic acids is 1. The maximum Gasteiger partial charge on any atom is 0.225 e. The van der Waals surface area contributed by atoms with Gasteiger partial charge in [-0.3, -0.25) is 4.79 Å². The van der Waals surface area contributed by atoms with E-state index in [4.69, 9.17) is 17.0 Å². The third-order valence-electron chi connectivity index (χ3n) is 2.67. The zero-order valence-electron chi connectivity index (χ0n) is 11.6. The number of para-hydroxylation sites is 1. The van der Waals surface area contributed by atoms with Crippen molar-refractivity contribution in [1.82, 2.24) is 5.32 Å². The van der Waals surface area contributed by atoms with Gasteiger partial charge in [0.05, 0.1) is 0 Å². The lowest BCUT2D eigenvalue weighted by atomic mass is 10.3. The first-order valence-corrected chi connectivity index (χ1v) is 7.02. The van der Waals surface area contributed by atoms with Crippen LogP contribution in [0.15, 0.2) is 54.6 Å². The highest BCUT2D eigenvalue weighted by molar-refractivity contribution is 7.80. The average Bonchev–Trinajstić information content (AvgIpc) is 2.50. The van der Waals surface area contributed by atoms with Crippen LogP contribution in [0.3, 0.4) is 0 Å². The number of anilines is 1. The zero-order chi connectivity index (χ0) is 15.1. The second-order valence-corrected chi connectivity index (χ2v) is 4.70. The largest absolute Gasteiger partial charge is 0.457 e. The lowest BCUT2D eigenvalue weighted by Crippen LogP contribution is -2.33. The van der Waals surface area contributed by atoms with Gasteiger partial charge in [0, 0.05) is 12.1 Å². The fraction of sp³-hybridized carbons (Fsp3) is 0.125. The molecule has 5 heteroatoms. The summed E-state index contributed by atoms with van der Waals surface area (Å²) in [5, 5.41) is 5.82. The van der Waals surface area contributed by atoms with Crippen LogP contribution in [0.25, 0.3) is 0 Å². The summed E-state index contributed by atoms with van der Waals surface area (Å²) < 4.78 is 5.69. The summed E-state index contributed by atoms with van der Waals surface area (Å²) in [6, 6.07) is 16.9. The van der Waals surface area contributed by atoms with Gasteiger partial charge < -0.3 is 15.4 Å². The Bertz CT molecular complexity index is 612. The first-order chi connectivity index (χ1) is 10.2. The number of hydrogen-bond acceptors (Lipinski definition) is 3. The van der Waals surface area contributed by atoms with Gasteiger partial charge in [-0.1, -0.05) is 25.1 Å². The number of nitrogens with one attached hydrogen (secondary N) is 2. The van der Waals surface area contributed by atoms with Crippen molar-refractivity contribution in [3.8, 4) is 11.5 Å². The smallest absolute Gasteiger partial charge is 0.225 e. The minimum Gasteiger partial charge on any atom is -0.457 e. The summed E-state index contributed by atoms with van der Waals surface area (Å²) in [6.07, 6.45) is 0.395. The SMILES string of the molecule is CCC(=O)NC(=S)Nc1ccc(Oc2ccccc2)cc1. The number of benzene rings is 2. The Morgan fingerprint density at radius 2 is 1.67 bits per heavy atom.